The van der Waals surface area contributed by atoms with Crippen molar-refractivity contribution in [2.24, 2.45) is 0 Å². The lowest BCUT2D eigenvalue weighted by Gasteiger charge is -2.21. The number of hydrogen-bond donors (Lipinski definition) is 1. The van der Waals surface area contributed by atoms with E-state index in [2.05, 4.69) is 35.8 Å². The molecule has 0 saturated carbocycles. The maximum absolute atomic E-state index is 3.60. The number of thiophene rings is 1. The van der Waals surface area contributed by atoms with Crippen molar-refractivity contribution < 1.29 is 0 Å². The largest absolute Gasteiger partial charge is 0.309 e. The smallest absolute Gasteiger partial charge is 0.0628 e. The van der Waals surface area contributed by atoms with Crippen molar-refractivity contribution in [3.05, 3.63) is 33.0 Å². The molecular weight excluding hydrogens is 274 g/mol. The van der Waals surface area contributed by atoms with Crippen LogP contribution in [-0.4, -0.2) is 7.05 Å². The van der Waals surface area contributed by atoms with Gasteiger partial charge >= 0.3 is 0 Å². The highest BCUT2D eigenvalue weighted by atomic mass is 32.1. The number of hydrogen-bond acceptors (Lipinski definition) is 2. The third-order valence-corrected chi connectivity index (χ3v) is 6.34. The molecule has 0 spiro atoms. The summed E-state index contributed by atoms with van der Waals surface area (Å²) >= 11 is 2.08. The summed E-state index contributed by atoms with van der Waals surface area (Å²) in [5, 5.41) is 3.60. The quantitative estimate of drug-likeness (QED) is 0.569. The van der Waals surface area contributed by atoms with Crippen molar-refractivity contribution in [2.45, 2.75) is 76.7 Å². The number of fused-ring (bicyclic) bond motifs is 1. The van der Waals surface area contributed by atoms with Gasteiger partial charge in [-0.05, 0) is 70.0 Å². The fourth-order valence-electron chi connectivity index (χ4n) is 3.82. The molecule has 2 aliphatic carbocycles. The van der Waals surface area contributed by atoms with Gasteiger partial charge in [-0.3, -0.25) is 0 Å². The van der Waals surface area contributed by atoms with Gasteiger partial charge in [0.15, 0.2) is 0 Å². The van der Waals surface area contributed by atoms with Crippen LogP contribution < -0.4 is 5.32 Å². The van der Waals surface area contributed by atoms with E-state index >= 15 is 0 Å². The van der Waals surface area contributed by atoms with E-state index < -0.39 is 0 Å². The third kappa shape index (κ3) is 3.78. The summed E-state index contributed by atoms with van der Waals surface area (Å²) in [6.07, 6.45) is 17.5. The van der Waals surface area contributed by atoms with Gasteiger partial charge in [-0.1, -0.05) is 30.9 Å². The lowest BCUT2D eigenvalue weighted by Crippen LogP contribution is -2.18. The maximum atomic E-state index is 3.60. The van der Waals surface area contributed by atoms with E-state index in [1.807, 2.05) is 0 Å². The average molecular weight is 304 g/mol. The van der Waals surface area contributed by atoms with Crippen molar-refractivity contribution in [3.63, 3.8) is 0 Å². The van der Waals surface area contributed by atoms with E-state index in [1.54, 1.807) is 20.9 Å². The highest BCUT2D eigenvalue weighted by molar-refractivity contribution is 7.12. The van der Waals surface area contributed by atoms with E-state index in [4.69, 9.17) is 0 Å². The summed E-state index contributed by atoms with van der Waals surface area (Å²) in [7, 11) is 2.13. The second-order valence-electron chi connectivity index (χ2n) is 6.61. The zero-order valence-electron chi connectivity index (χ0n) is 13.4. The van der Waals surface area contributed by atoms with Crippen LogP contribution in [0.4, 0.5) is 0 Å². The minimum atomic E-state index is 0.472. The standard InChI is InChI=1S/C19H29NS/c1-20-19(15-10-6-3-2-4-7-11-15)18-14-16-12-8-5-9-13-17(16)21-18/h10,14,19-20H,2-9,11-13H2,1H3. The summed E-state index contributed by atoms with van der Waals surface area (Å²) in [4.78, 5) is 3.24. The van der Waals surface area contributed by atoms with Crippen LogP contribution in [0.5, 0.6) is 0 Å². The van der Waals surface area contributed by atoms with Crippen LogP contribution in [0.15, 0.2) is 17.7 Å². The molecule has 1 heterocycles. The van der Waals surface area contributed by atoms with Gasteiger partial charge in [-0.25, -0.2) is 0 Å². The van der Waals surface area contributed by atoms with E-state index in [9.17, 15) is 0 Å². The predicted molar refractivity (Wildman–Crippen MR) is 93.2 cm³/mol. The Labute approximate surface area is 133 Å². The Balaban J connectivity index is 1.82. The van der Waals surface area contributed by atoms with Crippen LogP contribution >= 0.6 is 11.3 Å². The summed E-state index contributed by atoms with van der Waals surface area (Å²) in [5.41, 5.74) is 3.30. The van der Waals surface area contributed by atoms with Crippen LogP contribution in [0, 0.1) is 0 Å². The first-order chi connectivity index (χ1) is 10.4. The molecule has 0 amide bonds. The van der Waals surface area contributed by atoms with Gasteiger partial charge in [0.2, 0.25) is 0 Å². The molecule has 1 nitrogen and oxygen atoms in total. The average Bonchev–Trinajstić information content (AvgIpc) is 2.72. The summed E-state index contributed by atoms with van der Waals surface area (Å²) < 4.78 is 0. The molecule has 1 atom stereocenters. The van der Waals surface area contributed by atoms with Gasteiger partial charge in [-0.15, -0.1) is 11.3 Å². The van der Waals surface area contributed by atoms with Crippen LogP contribution in [0.1, 0.15) is 79.1 Å². The second kappa shape index (κ2) is 7.60. The molecule has 1 aromatic heterocycles. The van der Waals surface area contributed by atoms with Gasteiger partial charge in [0, 0.05) is 9.75 Å². The molecule has 3 rings (SSSR count). The van der Waals surface area contributed by atoms with Crippen LogP contribution in [0.2, 0.25) is 0 Å². The topological polar surface area (TPSA) is 12.0 Å². The first-order valence-electron chi connectivity index (χ1n) is 8.86. The maximum Gasteiger partial charge on any atom is 0.0628 e. The summed E-state index contributed by atoms with van der Waals surface area (Å²) in [6.45, 7) is 0. The SMILES string of the molecule is CNC(C1=CCCCCCC1)c1cc2c(s1)CCCCC2. The Morgan fingerprint density at radius 2 is 1.71 bits per heavy atom. The van der Waals surface area contributed by atoms with E-state index in [0.29, 0.717) is 6.04 Å². The van der Waals surface area contributed by atoms with E-state index in [0.717, 1.165) is 0 Å². The van der Waals surface area contributed by atoms with Crippen molar-refractivity contribution >= 4 is 11.3 Å². The Bertz CT molecular complexity index is 462. The molecule has 2 heteroatoms. The first-order valence-corrected chi connectivity index (χ1v) is 9.68. The highest BCUT2D eigenvalue weighted by Crippen LogP contribution is 2.36. The van der Waals surface area contributed by atoms with Crippen molar-refractivity contribution in [2.75, 3.05) is 7.05 Å². The third-order valence-electron chi connectivity index (χ3n) is 5.04. The molecule has 0 bridgehead atoms. The van der Waals surface area contributed by atoms with Crippen molar-refractivity contribution in [1.29, 1.82) is 0 Å². The molecule has 1 aromatic rings. The number of rotatable bonds is 3. The fraction of sp³-hybridized carbons (Fsp3) is 0.684. The van der Waals surface area contributed by atoms with E-state index in [-0.39, 0.29) is 0 Å². The van der Waals surface area contributed by atoms with Crippen molar-refractivity contribution in [1.82, 2.24) is 5.32 Å². The van der Waals surface area contributed by atoms with Crippen LogP contribution in [-0.2, 0) is 12.8 Å². The number of aryl methyl sites for hydroxylation is 2. The molecule has 21 heavy (non-hydrogen) atoms. The normalized spacial score (nSPS) is 21.7. The summed E-state index contributed by atoms with van der Waals surface area (Å²) in [6, 6.07) is 2.99. The molecule has 0 fully saturated rings. The Kier molecular flexibility index (Phi) is 5.54. The van der Waals surface area contributed by atoms with Gasteiger partial charge < -0.3 is 5.32 Å². The van der Waals surface area contributed by atoms with Crippen LogP contribution in [0.3, 0.4) is 0 Å². The molecular formula is C19H29NS. The van der Waals surface area contributed by atoms with Gasteiger partial charge in [0.05, 0.1) is 6.04 Å². The van der Waals surface area contributed by atoms with Crippen molar-refractivity contribution in [3.8, 4) is 0 Å². The first kappa shape index (κ1) is 15.3. The Morgan fingerprint density at radius 3 is 2.62 bits per heavy atom. The van der Waals surface area contributed by atoms with Gasteiger partial charge in [-0.2, -0.15) is 0 Å². The molecule has 0 saturated heterocycles. The molecule has 0 aromatic carbocycles. The summed E-state index contributed by atoms with van der Waals surface area (Å²) in [5.74, 6) is 0. The number of allylic oxidation sites excluding steroid dienone is 1. The van der Waals surface area contributed by atoms with E-state index in [1.165, 1.54) is 70.6 Å². The molecule has 116 valence electrons. The predicted octanol–water partition coefficient (Wildman–Crippen LogP) is 5.56. The van der Waals surface area contributed by atoms with Crippen LogP contribution in [0.25, 0.3) is 0 Å². The Hall–Kier alpha value is -0.600. The minimum Gasteiger partial charge on any atom is -0.309 e. The molecule has 1 unspecified atom stereocenters. The monoisotopic (exact) mass is 303 g/mol. The second-order valence-corrected chi connectivity index (χ2v) is 7.78. The molecule has 0 radical (unpaired) electrons. The minimum absolute atomic E-state index is 0.472. The molecule has 2 aliphatic rings. The lowest BCUT2D eigenvalue weighted by atomic mass is 9.94. The number of nitrogens with one attached hydrogen (secondary N) is 1. The molecule has 1 N–H and O–H groups in total. The highest BCUT2D eigenvalue weighted by Gasteiger charge is 2.20. The van der Waals surface area contributed by atoms with Gasteiger partial charge in [0.1, 0.15) is 0 Å². The lowest BCUT2D eigenvalue weighted by molar-refractivity contribution is 0.577. The Morgan fingerprint density at radius 1 is 0.952 bits per heavy atom. The fourth-order valence-corrected chi connectivity index (χ4v) is 5.23. The number of likely N-dealkylation sites (N-methyl/N-ethyl adjacent to an activating group) is 1. The molecule has 0 aliphatic heterocycles. The zero-order valence-corrected chi connectivity index (χ0v) is 14.2. The van der Waals surface area contributed by atoms with Gasteiger partial charge in [0.25, 0.3) is 0 Å². The zero-order chi connectivity index (χ0) is 14.5.